The largest absolute Gasteiger partial charge is 0.378 e. The Morgan fingerprint density at radius 2 is 1.90 bits per heavy atom. The molecule has 1 saturated heterocycles. The zero-order valence-electron chi connectivity index (χ0n) is 11.9. The third-order valence-corrected chi connectivity index (χ3v) is 4.81. The molecule has 3 nitrogen and oxygen atoms in total. The minimum Gasteiger partial charge on any atom is -0.378 e. The molecule has 1 aromatic carbocycles. The highest BCUT2D eigenvalue weighted by molar-refractivity contribution is 7.09. The van der Waals surface area contributed by atoms with Crippen LogP contribution in [0.25, 0.3) is 0 Å². The molecule has 0 bridgehead atoms. The Bertz CT molecular complexity index is 515. The van der Waals surface area contributed by atoms with Gasteiger partial charge < -0.3 is 10.2 Å². The highest BCUT2D eigenvalue weighted by Crippen LogP contribution is 2.25. The van der Waals surface area contributed by atoms with Gasteiger partial charge in [-0.3, -0.25) is 4.98 Å². The molecular formula is C16H21N3S. The highest BCUT2D eigenvalue weighted by Gasteiger charge is 2.11. The molecule has 1 atom stereocenters. The van der Waals surface area contributed by atoms with Crippen molar-refractivity contribution in [3.63, 3.8) is 0 Å². The summed E-state index contributed by atoms with van der Waals surface area (Å²) in [5.41, 5.74) is 4.40. The normalized spacial score (nSPS) is 16.9. The van der Waals surface area contributed by atoms with Gasteiger partial charge in [0.1, 0.15) is 0 Å². The molecule has 106 valence electrons. The van der Waals surface area contributed by atoms with E-state index in [1.807, 2.05) is 11.7 Å². The summed E-state index contributed by atoms with van der Waals surface area (Å²) in [6, 6.07) is 9.13. The summed E-state index contributed by atoms with van der Waals surface area (Å²) in [5.74, 6) is 0. The van der Waals surface area contributed by atoms with E-state index in [4.69, 9.17) is 0 Å². The lowest BCUT2D eigenvalue weighted by Crippen LogP contribution is -2.29. The Labute approximate surface area is 124 Å². The topological polar surface area (TPSA) is 28.2 Å². The average Bonchev–Trinajstić information content (AvgIpc) is 3.03. The third-order valence-electron chi connectivity index (χ3n) is 3.85. The minimum atomic E-state index is 0.309. The first-order valence-corrected chi connectivity index (χ1v) is 8.21. The fraction of sp³-hybridized carbons (Fsp3) is 0.438. The van der Waals surface area contributed by atoms with Gasteiger partial charge in [0, 0.05) is 35.5 Å². The highest BCUT2D eigenvalue weighted by atomic mass is 32.1. The summed E-state index contributed by atoms with van der Waals surface area (Å²) in [6.07, 6.45) is 5.96. The van der Waals surface area contributed by atoms with Crippen LogP contribution in [0.1, 0.15) is 37.1 Å². The number of thiazole rings is 1. The molecule has 0 radical (unpaired) electrons. The maximum atomic E-state index is 4.13. The monoisotopic (exact) mass is 287 g/mol. The molecule has 1 fully saturated rings. The summed E-state index contributed by atoms with van der Waals surface area (Å²) in [6.45, 7) is 4.57. The molecule has 20 heavy (non-hydrogen) atoms. The van der Waals surface area contributed by atoms with Gasteiger partial charge in [-0.2, -0.15) is 0 Å². The van der Waals surface area contributed by atoms with Crippen molar-refractivity contribution in [1.29, 1.82) is 0 Å². The molecule has 0 spiro atoms. The fourth-order valence-corrected chi connectivity index (χ4v) is 3.31. The Kier molecular flexibility index (Phi) is 4.21. The molecular weight excluding hydrogens is 266 g/mol. The molecule has 1 aliphatic rings. The minimum absolute atomic E-state index is 0.309. The van der Waals surface area contributed by atoms with E-state index in [1.54, 1.807) is 11.3 Å². The van der Waals surface area contributed by atoms with Gasteiger partial charge in [-0.15, -0.1) is 11.3 Å². The maximum Gasteiger partial charge on any atom is 0.0795 e. The van der Waals surface area contributed by atoms with Crippen molar-refractivity contribution in [3.8, 4) is 0 Å². The second-order valence-corrected chi connectivity index (χ2v) is 6.28. The van der Waals surface area contributed by atoms with Gasteiger partial charge in [0.15, 0.2) is 0 Å². The molecule has 1 aliphatic heterocycles. The van der Waals surface area contributed by atoms with Gasteiger partial charge in [0.2, 0.25) is 0 Å². The van der Waals surface area contributed by atoms with Crippen LogP contribution in [0.5, 0.6) is 0 Å². The smallest absolute Gasteiger partial charge is 0.0795 e. The van der Waals surface area contributed by atoms with E-state index in [2.05, 4.69) is 46.4 Å². The van der Waals surface area contributed by atoms with Crippen LogP contribution in [-0.4, -0.2) is 18.1 Å². The molecule has 0 saturated carbocycles. The number of nitrogens with zero attached hydrogens (tertiary/aromatic N) is 2. The summed E-state index contributed by atoms with van der Waals surface area (Å²) in [5, 5.41) is 3.53. The molecule has 2 aromatic rings. The first-order valence-electron chi connectivity index (χ1n) is 7.33. The Morgan fingerprint density at radius 1 is 1.15 bits per heavy atom. The van der Waals surface area contributed by atoms with Crippen molar-refractivity contribution in [1.82, 2.24) is 4.98 Å². The SMILES string of the molecule is CC(Nc1ccc(N2CCCCC2)cc1)c1cncs1. The second-order valence-electron chi connectivity index (χ2n) is 5.36. The number of rotatable bonds is 4. The summed E-state index contributed by atoms with van der Waals surface area (Å²) in [4.78, 5) is 7.89. The number of hydrogen-bond acceptors (Lipinski definition) is 4. The van der Waals surface area contributed by atoms with Crippen molar-refractivity contribution >= 4 is 22.7 Å². The van der Waals surface area contributed by atoms with E-state index in [9.17, 15) is 0 Å². The average molecular weight is 287 g/mol. The van der Waals surface area contributed by atoms with Crippen molar-refractivity contribution in [2.45, 2.75) is 32.2 Å². The van der Waals surface area contributed by atoms with Crippen LogP contribution < -0.4 is 10.2 Å². The first-order chi connectivity index (χ1) is 9.83. The lowest BCUT2D eigenvalue weighted by molar-refractivity contribution is 0.578. The van der Waals surface area contributed by atoms with Crippen LogP contribution >= 0.6 is 11.3 Å². The second kappa shape index (κ2) is 6.27. The van der Waals surface area contributed by atoms with Crippen molar-refractivity contribution in [2.75, 3.05) is 23.3 Å². The Hall–Kier alpha value is -1.55. The molecule has 0 amide bonds. The number of nitrogens with one attached hydrogen (secondary N) is 1. The predicted octanol–water partition coefficient (Wildman–Crippen LogP) is 4.31. The van der Waals surface area contributed by atoms with Crippen LogP contribution in [0, 0.1) is 0 Å². The van der Waals surface area contributed by atoms with Gasteiger partial charge in [0.25, 0.3) is 0 Å². The summed E-state index contributed by atoms with van der Waals surface area (Å²) >= 11 is 1.69. The van der Waals surface area contributed by atoms with Crippen LogP contribution in [0.4, 0.5) is 11.4 Å². The lowest BCUT2D eigenvalue weighted by atomic mass is 10.1. The number of anilines is 2. The number of benzene rings is 1. The van der Waals surface area contributed by atoms with Gasteiger partial charge in [0.05, 0.1) is 11.6 Å². The number of piperidine rings is 1. The molecule has 3 rings (SSSR count). The Balaban J connectivity index is 1.63. The van der Waals surface area contributed by atoms with Crippen LogP contribution in [-0.2, 0) is 0 Å². The van der Waals surface area contributed by atoms with Crippen molar-refractivity contribution in [3.05, 3.63) is 40.8 Å². The molecule has 0 aliphatic carbocycles. The molecule has 1 unspecified atom stereocenters. The summed E-state index contributed by atoms with van der Waals surface area (Å²) < 4.78 is 0. The van der Waals surface area contributed by atoms with Gasteiger partial charge in [-0.05, 0) is 50.5 Å². The van der Waals surface area contributed by atoms with Gasteiger partial charge in [-0.25, -0.2) is 0 Å². The summed E-state index contributed by atoms with van der Waals surface area (Å²) in [7, 11) is 0. The van der Waals surface area contributed by atoms with E-state index >= 15 is 0 Å². The Morgan fingerprint density at radius 3 is 2.55 bits per heavy atom. The molecule has 1 N–H and O–H groups in total. The first kappa shape index (κ1) is 13.4. The molecule has 1 aromatic heterocycles. The third kappa shape index (κ3) is 3.12. The number of aromatic nitrogens is 1. The zero-order chi connectivity index (χ0) is 13.8. The zero-order valence-corrected chi connectivity index (χ0v) is 12.7. The van der Waals surface area contributed by atoms with Crippen LogP contribution in [0.3, 0.4) is 0 Å². The van der Waals surface area contributed by atoms with Gasteiger partial charge >= 0.3 is 0 Å². The number of hydrogen-bond donors (Lipinski definition) is 1. The van der Waals surface area contributed by atoms with E-state index in [0.29, 0.717) is 6.04 Å². The van der Waals surface area contributed by atoms with Crippen LogP contribution in [0.2, 0.25) is 0 Å². The van der Waals surface area contributed by atoms with E-state index in [0.717, 1.165) is 0 Å². The van der Waals surface area contributed by atoms with Crippen molar-refractivity contribution in [2.24, 2.45) is 0 Å². The van der Waals surface area contributed by atoms with E-state index < -0.39 is 0 Å². The van der Waals surface area contributed by atoms with Crippen LogP contribution in [0.15, 0.2) is 36.0 Å². The fourth-order valence-electron chi connectivity index (χ4n) is 2.68. The standard InChI is InChI=1S/C16H21N3S/c1-13(16-11-17-12-20-16)18-14-5-7-15(8-6-14)19-9-3-2-4-10-19/h5-8,11-13,18H,2-4,9-10H2,1H3. The van der Waals surface area contributed by atoms with E-state index in [-0.39, 0.29) is 0 Å². The van der Waals surface area contributed by atoms with E-state index in [1.165, 1.54) is 48.6 Å². The van der Waals surface area contributed by atoms with Gasteiger partial charge in [-0.1, -0.05) is 0 Å². The van der Waals surface area contributed by atoms with Crippen molar-refractivity contribution < 1.29 is 0 Å². The predicted molar refractivity (Wildman–Crippen MR) is 86.7 cm³/mol. The molecule has 4 heteroatoms. The maximum absolute atomic E-state index is 4.13. The molecule has 2 heterocycles. The lowest BCUT2D eigenvalue weighted by Gasteiger charge is -2.29. The quantitative estimate of drug-likeness (QED) is 0.908.